The number of methoxy groups -OCH3 is 1. The van der Waals surface area contributed by atoms with Gasteiger partial charge in [-0.05, 0) is 12.1 Å². The van der Waals surface area contributed by atoms with Crippen LogP contribution < -0.4 is 5.32 Å². The molecule has 1 aromatic rings. The molecule has 0 bridgehead atoms. The molecule has 17 heavy (non-hydrogen) atoms. The third-order valence-corrected chi connectivity index (χ3v) is 2.07. The minimum absolute atomic E-state index is 0.0750. The summed E-state index contributed by atoms with van der Waals surface area (Å²) in [6.07, 6.45) is 0.132. The van der Waals surface area contributed by atoms with Crippen molar-refractivity contribution in [1.29, 1.82) is 0 Å². The summed E-state index contributed by atoms with van der Waals surface area (Å²) in [6, 6.07) is 4.12. The molecule has 92 valence electrons. The van der Waals surface area contributed by atoms with Crippen molar-refractivity contribution in [2.45, 2.75) is 6.42 Å². The highest BCUT2D eigenvalue weighted by atomic mass is 16.5. The van der Waals surface area contributed by atoms with E-state index in [9.17, 15) is 14.7 Å². The molecule has 3 N–H and O–H groups in total. The number of anilines is 1. The molecule has 0 aliphatic carbocycles. The van der Waals surface area contributed by atoms with Gasteiger partial charge in [0, 0.05) is 7.11 Å². The summed E-state index contributed by atoms with van der Waals surface area (Å²) in [4.78, 5) is 22.1. The molecule has 6 nitrogen and oxygen atoms in total. The number of hydrogen-bond acceptors (Lipinski definition) is 4. The summed E-state index contributed by atoms with van der Waals surface area (Å²) in [5.74, 6) is -2.06. The number of carbonyl (C=O) groups excluding carboxylic acids is 1. The van der Waals surface area contributed by atoms with E-state index in [4.69, 9.17) is 9.84 Å². The van der Waals surface area contributed by atoms with Crippen LogP contribution in [0.4, 0.5) is 5.69 Å². The Morgan fingerprint density at radius 3 is 2.71 bits per heavy atom. The first-order chi connectivity index (χ1) is 8.06. The van der Waals surface area contributed by atoms with Gasteiger partial charge in [0.1, 0.15) is 5.56 Å². The van der Waals surface area contributed by atoms with E-state index in [1.54, 1.807) is 0 Å². The first-order valence-electron chi connectivity index (χ1n) is 4.90. The second-order valence-corrected chi connectivity index (χ2v) is 3.30. The number of para-hydroxylation sites is 1. The number of carboxylic acid groups (broad SMARTS) is 1. The normalized spacial score (nSPS) is 9.94. The average Bonchev–Trinajstić information content (AvgIpc) is 2.28. The zero-order valence-electron chi connectivity index (χ0n) is 9.27. The molecule has 0 radical (unpaired) electrons. The number of phenols is 1. The van der Waals surface area contributed by atoms with Gasteiger partial charge in [-0.1, -0.05) is 6.07 Å². The minimum atomic E-state index is -1.25. The lowest BCUT2D eigenvalue weighted by Crippen LogP contribution is -2.14. The van der Waals surface area contributed by atoms with Crippen molar-refractivity contribution in [3.8, 4) is 5.75 Å². The highest BCUT2D eigenvalue weighted by molar-refractivity contribution is 5.97. The van der Waals surface area contributed by atoms with Crippen molar-refractivity contribution in [3.05, 3.63) is 23.8 Å². The molecule has 1 amide bonds. The van der Waals surface area contributed by atoms with E-state index in [0.717, 1.165) is 0 Å². The number of carboxylic acids is 1. The number of rotatable bonds is 5. The second-order valence-electron chi connectivity index (χ2n) is 3.30. The van der Waals surface area contributed by atoms with Gasteiger partial charge in [0.2, 0.25) is 5.91 Å². The maximum absolute atomic E-state index is 11.4. The number of nitrogens with one attached hydrogen (secondary N) is 1. The van der Waals surface area contributed by atoms with Crippen LogP contribution in [0.3, 0.4) is 0 Å². The molecule has 0 aliphatic heterocycles. The predicted molar refractivity (Wildman–Crippen MR) is 60.2 cm³/mol. The zero-order chi connectivity index (χ0) is 12.8. The topological polar surface area (TPSA) is 95.9 Å². The molecule has 0 aromatic heterocycles. The lowest BCUT2D eigenvalue weighted by Gasteiger charge is -2.08. The van der Waals surface area contributed by atoms with Gasteiger partial charge in [-0.15, -0.1) is 0 Å². The molecule has 1 aromatic carbocycles. The Morgan fingerprint density at radius 1 is 1.41 bits per heavy atom. The Labute approximate surface area is 97.8 Å². The number of ether oxygens (including phenoxy) is 1. The molecule has 0 saturated carbocycles. The summed E-state index contributed by atoms with van der Waals surface area (Å²) in [5, 5.41) is 20.8. The van der Waals surface area contributed by atoms with Gasteiger partial charge in [0.25, 0.3) is 0 Å². The number of carbonyl (C=O) groups is 2. The molecular weight excluding hydrogens is 226 g/mol. The van der Waals surface area contributed by atoms with Crippen molar-refractivity contribution >= 4 is 17.6 Å². The predicted octanol–water partition coefficient (Wildman–Crippen LogP) is 1.07. The van der Waals surface area contributed by atoms with Crippen LogP contribution in [0.5, 0.6) is 5.75 Å². The van der Waals surface area contributed by atoms with Gasteiger partial charge >= 0.3 is 5.97 Å². The maximum atomic E-state index is 11.4. The Kier molecular flexibility index (Phi) is 4.47. The van der Waals surface area contributed by atoms with Crippen LogP contribution in [0.25, 0.3) is 0 Å². The summed E-state index contributed by atoms with van der Waals surface area (Å²) in [5.41, 5.74) is -0.180. The van der Waals surface area contributed by atoms with Crippen molar-refractivity contribution in [1.82, 2.24) is 0 Å². The number of hydrogen-bond donors (Lipinski definition) is 3. The highest BCUT2D eigenvalue weighted by Gasteiger charge is 2.14. The third kappa shape index (κ3) is 3.46. The van der Waals surface area contributed by atoms with Gasteiger partial charge in [0.15, 0.2) is 5.75 Å². The molecule has 0 atom stereocenters. The maximum Gasteiger partial charge on any atom is 0.339 e. The Hall–Kier alpha value is -2.08. The van der Waals surface area contributed by atoms with Crippen molar-refractivity contribution in [3.63, 3.8) is 0 Å². The molecule has 1 rings (SSSR count). The van der Waals surface area contributed by atoms with Crippen LogP contribution in [-0.4, -0.2) is 35.8 Å². The fourth-order valence-corrected chi connectivity index (χ4v) is 1.22. The van der Waals surface area contributed by atoms with Gasteiger partial charge in [-0.2, -0.15) is 0 Å². The van der Waals surface area contributed by atoms with Crippen LogP contribution in [-0.2, 0) is 9.53 Å². The third-order valence-electron chi connectivity index (χ3n) is 2.07. The zero-order valence-corrected chi connectivity index (χ0v) is 9.27. The lowest BCUT2D eigenvalue weighted by molar-refractivity contribution is -0.117. The Bertz CT molecular complexity index is 430. The summed E-state index contributed by atoms with van der Waals surface area (Å²) < 4.78 is 4.72. The standard InChI is InChI=1S/C11H13NO5/c1-17-6-5-9(13)12-8-4-2-3-7(10(8)14)11(15)16/h2-4,14H,5-6H2,1H3,(H,12,13)(H,15,16). The van der Waals surface area contributed by atoms with E-state index in [2.05, 4.69) is 5.32 Å². The summed E-state index contributed by atoms with van der Waals surface area (Å²) in [6.45, 7) is 0.255. The molecular formula is C11H13NO5. The highest BCUT2D eigenvalue weighted by Crippen LogP contribution is 2.27. The van der Waals surface area contributed by atoms with Crippen LogP contribution in [0.15, 0.2) is 18.2 Å². The Balaban J connectivity index is 2.81. The van der Waals surface area contributed by atoms with E-state index in [-0.39, 0.29) is 30.2 Å². The monoisotopic (exact) mass is 239 g/mol. The Morgan fingerprint density at radius 2 is 2.12 bits per heavy atom. The van der Waals surface area contributed by atoms with Crippen molar-refractivity contribution in [2.24, 2.45) is 0 Å². The minimum Gasteiger partial charge on any atom is -0.505 e. The van der Waals surface area contributed by atoms with E-state index in [1.165, 1.54) is 25.3 Å². The average molecular weight is 239 g/mol. The molecule has 0 heterocycles. The summed E-state index contributed by atoms with van der Waals surface area (Å²) >= 11 is 0. The fraction of sp³-hybridized carbons (Fsp3) is 0.273. The number of benzene rings is 1. The van der Waals surface area contributed by atoms with Crippen LogP contribution in [0, 0.1) is 0 Å². The molecule has 0 saturated heterocycles. The molecule has 6 heteroatoms. The molecule has 0 spiro atoms. The van der Waals surface area contributed by atoms with Crippen LogP contribution in [0.2, 0.25) is 0 Å². The number of aromatic hydroxyl groups is 1. The smallest absolute Gasteiger partial charge is 0.339 e. The van der Waals surface area contributed by atoms with Gasteiger partial charge in [-0.3, -0.25) is 4.79 Å². The van der Waals surface area contributed by atoms with Gasteiger partial charge < -0.3 is 20.3 Å². The summed E-state index contributed by atoms with van der Waals surface area (Å²) in [7, 11) is 1.47. The van der Waals surface area contributed by atoms with Crippen molar-refractivity contribution < 1.29 is 24.5 Å². The van der Waals surface area contributed by atoms with Gasteiger partial charge in [-0.25, -0.2) is 4.79 Å². The van der Waals surface area contributed by atoms with E-state index in [1.807, 2.05) is 0 Å². The first-order valence-corrected chi connectivity index (χ1v) is 4.90. The van der Waals surface area contributed by atoms with E-state index >= 15 is 0 Å². The van der Waals surface area contributed by atoms with Crippen LogP contribution >= 0.6 is 0 Å². The largest absolute Gasteiger partial charge is 0.505 e. The van der Waals surface area contributed by atoms with Crippen molar-refractivity contribution in [2.75, 3.05) is 19.0 Å². The SMILES string of the molecule is COCCC(=O)Nc1cccc(C(=O)O)c1O. The molecule has 0 fully saturated rings. The van der Waals surface area contributed by atoms with Gasteiger partial charge in [0.05, 0.1) is 18.7 Å². The van der Waals surface area contributed by atoms with Crippen LogP contribution in [0.1, 0.15) is 16.8 Å². The molecule has 0 unspecified atom stereocenters. The van der Waals surface area contributed by atoms with E-state index in [0.29, 0.717) is 0 Å². The molecule has 0 aliphatic rings. The number of amides is 1. The lowest BCUT2D eigenvalue weighted by atomic mass is 10.1. The first kappa shape index (κ1) is 13.0. The quantitative estimate of drug-likeness (QED) is 0.668. The van der Waals surface area contributed by atoms with E-state index < -0.39 is 11.7 Å². The number of aromatic carboxylic acids is 1. The fourth-order valence-electron chi connectivity index (χ4n) is 1.22. The second kappa shape index (κ2) is 5.86.